The van der Waals surface area contributed by atoms with E-state index in [0.717, 1.165) is 31.7 Å². The molecule has 0 aromatic heterocycles. The lowest BCUT2D eigenvalue weighted by Crippen LogP contribution is -2.25. The average Bonchev–Trinajstić information content (AvgIpc) is 3.41. The highest BCUT2D eigenvalue weighted by molar-refractivity contribution is 5.93. The van der Waals surface area contributed by atoms with Crippen LogP contribution in [-0.2, 0) is 23.8 Å². The highest BCUT2D eigenvalue weighted by atomic mass is 16.5. The van der Waals surface area contributed by atoms with Crippen LogP contribution in [0.5, 0.6) is 0 Å². The highest BCUT2D eigenvalue weighted by Crippen LogP contribution is 2.29. The minimum absolute atomic E-state index is 0.0186. The van der Waals surface area contributed by atoms with E-state index in [1.807, 2.05) is 0 Å². The summed E-state index contributed by atoms with van der Waals surface area (Å²) in [6, 6.07) is 10.2. The summed E-state index contributed by atoms with van der Waals surface area (Å²) in [6.07, 6.45) is 6.42. The molecular weight excluding hydrogens is 989 g/mol. The molecule has 74 heavy (non-hydrogen) atoms. The molecule has 2 aliphatic carbocycles. The number of aliphatic hydroxyl groups is 10. The number of carboxylic acid groups (broad SMARTS) is 6. The zero-order chi connectivity index (χ0) is 57.3. The second kappa shape index (κ2) is 49.9. The monoisotopic (exact) mass is 1070 g/mol. The molecule has 2 aromatic rings. The smallest absolute Gasteiger partial charge is 0.335 e. The van der Waals surface area contributed by atoms with Crippen LogP contribution in [0, 0.1) is 29.1 Å². The molecule has 25 heteroatoms. The molecule has 0 spiro atoms. The van der Waals surface area contributed by atoms with E-state index in [4.69, 9.17) is 91.2 Å². The Morgan fingerprint density at radius 2 is 0.676 bits per heavy atom. The molecule has 2 aliphatic rings. The number of rotatable bonds is 22. The first-order valence-electron chi connectivity index (χ1n) is 23.5. The third kappa shape index (κ3) is 44.2. The minimum atomic E-state index is -1.13. The molecule has 0 heterocycles. The maximum absolute atomic E-state index is 10.5. The first-order valence-corrected chi connectivity index (χ1v) is 23.5. The van der Waals surface area contributed by atoms with Gasteiger partial charge < -0.3 is 95.9 Å². The molecule has 0 atom stereocenters. The summed E-state index contributed by atoms with van der Waals surface area (Å²) in [5, 5.41) is 134. The van der Waals surface area contributed by atoms with Crippen LogP contribution in [0.1, 0.15) is 107 Å². The molecule has 2 saturated carbocycles. The van der Waals surface area contributed by atoms with Crippen molar-refractivity contribution in [3.05, 3.63) is 70.8 Å². The van der Waals surface area contributed by atoms with E-state index in [1.165, 1.54) is 42.5 Å². The topological polar surface area (TPSA) is 454 Å². The van der Waals surface area contributed by atoms with Crippen molar-refractivity contribution in [3.8, 4) is 0 Å². The van der Waals surface area contributed by atoms with E-state index in [0.29, 0.717) is 90.4 Å². The highest BCUT2D eigenvalue weighted by Gasteiger charge is 2.29. The molecule has 2 fully saturated rings. The first kappa shape index (κ1) is 75.3. The Balaban J connectivity index is -0.000000385. The van der Waals surface area contributed by atoms with Crippen LogP contribution < -0.4 is 0 Å². The molecule has 428 valence electrons. The lowest BCUT2D eigenvalue weighted by atomic mass is 9.82. The largest absolute Gasteiger partial charge is 0.481 e. The maximum Gasteiger partial charge on any atom is 0.335 e. The normalized spacial score (nSPS) is 16.3. The molecule has 4 rings (SSSR count). The Labute approximate surface area is 430 Å². The van der Waals surface area contributed by atoms with Gasteiger partial charge in [-0.3, -0.25) is 9.59 Å². The molecule has 0 unspecified atom stereocenters. The molecule has 2 aromatic carbocycles. The molecule has 0 aliphatic heterocycles. The van der Waals surface area contributed by atoms with Crippen molar-refractivity contribution in [2.75, 3.05) is 106 Å². The second-order valence-electron chi connectivity index (χ2n) is 16.5. The van der Waals surface area contributed by atoms with Crippen molar-refractivity contribution in [1.82, 2.24) is 0 Å². The van der Waals surface area contributed by atoms with Gasteiger partial charge in [-0.1, -0.05) is 19.9 Å². The number of hydrogen-bond acceptors (Lipinski definition) is 19. The average molecular weight is 1070 g/mol. The van der Waals surface area contributed by atoms with Crippen molar-refractivity contribution >= 4 is 35.8 Å². The quantitative estimate of drug-likeness (QED) is 0.0727. The van der Waals surface area contributed by atoms with Gasteiger partial charge in [0.05, 0.1) is 127 Å². The van der Waals surface area contributed by atoms with Crippen LogP contribution in [0.2, 0.25) is 0 Å². The summed E-state index contributed by atoms with van der Waals surface area (Å²) in [6.45, 7) is 6.52. The van der Waals surface area contributed by atoms with E-state index in [-0.39, 0.29) is 92.4 Å². The SMILES string of the molecule is CC(C)(CO)CO.O=C(O)C1CCC(C(=O)O)CC1.O=C(O)c1ccc(C(=O)O)cc1.O=C(O)c1cccc(C(=O)O)c1.OCC1CCC(CO)CC1.OCCO.OCCOCCO.OCCOCCOCCO. The molecule has 0 radical (unpaired) electrons. The number of carbonyl (C=O) groups is 6. The van der Waals surface area contributed by atoms with Crippen molar-refractivity contribution in [1.29, 1.82) is 0 Å². The Kier molecular flexibility index (Phi) is 50.8. The number of aliphatic carboxylic acids is 2. The van der Waals surface area contributed by atoms with Crippen LogP contribution in [0.3, 0.4) is 0 Å². The third-order valence-electron chi connectivity index (χ3n) is 9.91. The van der Waals surface area contributed by atoms with E-state index in [2.05, 4.69) is 4.74 Å². The summed E-state index contributed by atoms with van der Waals surface area (Å²) in [4.78, 5) is 62.4. The zero-order valence-corrected chi connectivity index (χ0v) is 42.2. The van der Waals surface area contributed by atoms with Crippen LogP contribution in [0.25, 0.3) is 0 Å². The van der Waals surface area contributed by atoms with Gasteiger partial charge in [-0.25, -0.2) is 19.2 Å². The van der Waals surface area contributed by atoms with Crippen LogP contribution in [0.4, 0.5) is 0 Å². The van der Waals surface area contributed by atoms with E-state index < -0.39 is 35.8 Å². The fourth-order valence-electron chi connectivity index (χ4n) is 5.46. The van der Waals surface area contributed by atoms with Gasteiger partial charge >= 0.3 is 35.8 Å². The van der Waals surface area contributed by atoms with Crippen LogP contribution in [0.15, 0.2) is 48.5 Å². The number of hydrogen-bond donors (Lipinski definition) is 16. The predicted octanol–water partition coefficient (Wildman–Crippen LogP) is 0.865. The maximum atomic E-state index is 10.5. The number of ether oxygens (including phenoxy) is 3. The molecule has 16 N–H and O–H groups in total. The van der Waals surface area contributed by atoms with Gasteiger partial charge in [0.15, 0.2) is 0 Å². The molecule has 0 saturated heterocycles. The van der Waals surface area contributed by atoms with Gasteiger partial charge in [-0.2, -0.15) is 0 Å². The molecule has 25 nitrogen and oxygen atoms in total. The van der Waals surface area contributed by atoms with Gasteiger partial charge in [-0.15, -0.1) is 0 Å². The summed E-state index contributed by atoms with van der Waals surface area (Å²) >= 11 is 0. The number of carboxylic acids is 6. The number of aliphatic hydroxyl groups excluding tert-OH is 10. The van der Waals surface area contributed by atoms with Crippen LogP contribution in [-0.4, -0.2) is 223 Å². The molecule has 0 bridgehead atoms. The van der Waals surface area contributed by atoms with Gasteiger partial charge in [0.1, 0.15) is 0 Å². The Bertz CT molecular complexity index is 1590. The third-order valence-corrected chi connectivity index (χ3v) is 9.91. The molecular formula is C49H82O25. The fraction of sp³-hybridized carbons (Fsp3) is 0.633. The Morgan fingerprint density at radius 1 is 0.405 bits per heavy atom. The number of aromatic carboxylic acids is 4. The second-order valence-corrected chi connectivity index (χ2v) is 16.5. The lowest BCUT2D eigenvalue weighted by Gasteiger charge is -2.25. The van der Waals surface area contributed by atoms with E-state index in [1.54, 1.807) is 13.8 Å². The summed E-state index contributed by atoms with van der Waals surface area (Å²) in [7, 11) is 0. The van der Waals surface area contributed by atoms with Gasteiger partial charge in [-0.05, 0) is 106 Å². The Morgan fingerprint density at radius 3 is 0.865 bits per heavy atom. The standard InChI is InChI=1S/C8H12O4.2C8H6O4.C8H16O2.C6H14O4.C5H12O2.C4H10O3.C2H6O2/c2*9-7(10)5-1-2-6(4-3-5)8(11)12;9-7(10)5-2-1-3-6(4-5)8(11)12;9-5-7-1-2-8(6-10)4-3-7;7-1-3-9-5-6-10-4-2-8;1-5(2,3-6)4-7;5-1-3-7-4-2-6;3-1-2-4/h5-6H,1-4H2,(H,9,10)(H,11,12);2*1-4H,(H,9,10)(H,11,12);7-10H,1-6H2;7-8H,1-6H2;6-7H,3-4H2,1-2H3;5-6H,1-4H2;3-4H,1-2H2. The first-order chi connectivity index (χ1) is 35.1. The minimum Gasteiger partial charge on any atom is -0.481 e. The van der Waals surface area contributed by atoms with Crippen molar-refractivity contribution < 1.29 is 125 Å². The molecule has 0 amide bonds. The van der Waals surface area contributed by atoms with E-state index >= 15 is 0 Å². The lowest BCUT2D eigenvalue weighted by molar-refractivity contribution is -0.148. The predicted molar refractivity (Wildman–Crippen MR) is 264 cm³/mol. The van der Waals surface area contributed by atoms with Crippen molar-refractivity contribution in [3.63, 3.8) is 0 Å². The zero-order valence-electron chi connectivity index (χ0n) is 42.2. The Hall–Kier alpha value is -5.26. The van der Waals surface area contributed by atoms with Crippen molar-refractivity contribution in [2.45, 2.75) is 65.2 Å². The van der Waals surface area contributed by atoms with E-state index in [9.17, 15) is 28.8 Å². The van der Waals surface area contributed by atoms with Crippen molar-refractivity contribution in [2.24, 2.45) is 29.1 Å². The van der Waals surface area contributed by atoms with Gasteiger partial charge in [0.25, 0.3) is 0 Å². The van der Waals surface area contributed by atoms with Crippen LogP contribution >= 0.6 is 0 Å². The fourth-order valence-corrected chi connectivity index (χ4v) is 5.46. The summed E-state index contributed by atoms with van der Waals surface area (Å²) in [5.41, 5.74) is -0.176. The number of benzene rings is 2. The van der Waals surface area contributed by atoms with Gasteiger partial charge in [0, 0.05) is 18.6 Å². The summed E-state index contributed by atoms with van der Waals surface area (Å²) < 4.78 is 14.4. The summed E-state index contributed by atoms with van der Waals surface area (Å²) in [5.74, 6) is -5.57. The van der Waals surface area contributed by atoms with Gasteiger partial charge in [0.2, 0.25) is 0 Å².